The molecule has 0 radical (unpaired) electrons. The van der Waals surface area contributed by atoms with E-state index in [9.17, 15) is 14.8 Å². The fourth-order valence-electron chi connectivity index (χ4n) is 6.26. The second-order valence-electron chi connectivity index (χ2n) is 10.7. The lowest BCUT2D eigenvalue weighted by Crippen LogP contribution is -2.40. The minimum atomic E-state index is -4.27. The third kappa shape index (κ3) is 3.77. The highest BCUT2D eigenvalue weighted by molar-refractivity contribution is 7.51. The number of hydrogen-bond donors (Lipinski definition) is 5. The van der Waals surface area contributed by atoms with Gasteiger partial charge < -0.3 is 30.1 Å². The van der Waals surface area contributed by atoms with Crippen LogP contribution in [0.25, 0.3) is 11.2 Å². The van der Waals surface area contributed by atoms with Gasteiger partial charge in [0.2, 0.25) is 5.28 Å². The van der Waals surface area contributed by atoms with Crippen molar-refractivity contribution in [2.24, 2.45) is 16.7 Å². The number of aromatic nitrogens is 4. The molecule has 2 saturated carbocycles. The molecule has 11 nitrogen and oxygen atoms in total. The van der Waals surface area contributed by atoms with Crippen molar-refractivity contribution in [3.8, 4) is 0 Å². The standard InChI is InChI=1S/C21H31ClN5O6P/c1-20(2)10-4-6-21(20,3)12(8-10)24-16-13-17(26-19(22)25-16)27(9-23-13)18-15(29)14(28)11(33-18)5-7-34(30,31)32/h9-12,14-15,18,28-29H,4-8H2,1-3H3,(H,24,25,26)(H2,30,31,32)/t10-,11-,12?,14?,15?,18-,21+/m1/s1. The summed E-state index contributed by atoms with van der Waals surface area (Å²) in [5.74, 6) is 1.14. The number of fused-ring (bicyclic) bond motifs is 3. The Bertz CT molecular complexity index is 1160. The van der Waals surface area contributed by atoms with Crippen LogP contribution in [-0.4, -0.2) is 70.0 Å². The van der Waals surface area contributed by atoms with Crippen molar-refractivity contribution in [2.45, 2.75) is 77.0 Å². The number of nitrogens with one attached hydrogen (secondary N) is 1. The van der Waals surface area contributed by atoms with Crippen LogP contribution in [0.1, 0.15) is 52.7 Å². The number of halogens is 1. The van der Waals surface area contributed by atoms with Crippen LogP contribution in [0.2, 0.25) is 5.28 Å². The highest BCUT2D eigenvalue weighted by Crippen LogP contribution is 2.66. The Morgan fingerprint density at radius 2 is 2.00 bits per heavy atom. The fourth-order valence-corrected chi connectivity index (χ4v) is 7.01. The molecule has 0 spiro atoms. The van der Waals surface area contributed by atoms with Gasteiger partial charge in [-0.3, -0.25) is 9.13 Å². The molecule has 1 saturated heterocycles. The predicted octanol–water partition coefficient (Wildman–Crippen LogP) is 2.29. The molecule has 3 aliphatic rings. The van der Waals surface area contributed by atoms with Gasteiger partial charge in [-0.25, -0.2) is 4.98 Å². The summed E-state index contributed by atoms with van der Waals surface area (Å²) >= 11 is 6.27. The lowest BCUT2D eigenvalue weighted by Gasteiger charge is -2.39. The first kappa shape index (κ1) is 24.4. The summed E-state index contributed by atoms with van der Waals surface area (Å²) < 4.78 is 18.5. The molecule has 2 bridgehead atoms. The van der Waals surface area contributed by atoms with Gasteiger partial charge in [0.15, 0.2) is 23.2 Å². The number of rotatable bonds is 6. The monoisotopic (exact) mass is 515 g/mol. The Labute approximate surface area is 202 Å². The number of aliphatic hydroxyl groups is 2. The Balaban J connectivity index is 1.43. The first-order chi connectivity index (χ1) is 15.8. The predicted molar refractivity (Wildman–Crippen MR) is 124 cm³/mol. The van der Waals surface area contributed by atoms with Crippen LogP contribution in [0.3, 0.4) is 0 Å². The van der Waals surface area contributed by atoms with Crippen LogP contribution in [0.15, 0.2) is 6.33 Å². The van der Waals surface area contributed by atoms with Crippen molar-refractivity contribution in [2.75, 3.05) is 11.5 Å². The van der Waals surface area contributed by atoms with Gasteiger partial charge in [0.1, 0.15) is 12.2 Å². The molecule has 2 aliphatic carbocycles. The molecule has 2 aromatic heterocycles. The Kier molecular flexibility index (Phi) is 5.80. The van der Waals surface area contributed by atoms with E-state index in [1.165, 1.54) is 17.3 Å². The SMILES string of the molecule is CC1(C)[C@@H]2CC[C@@]1(C)C(Nc1nc(Cl)nc3c1ncn3[C@@H]1O[C@H](CCP(=O)(O)O)C(O)C1O)C2. The molecule has 5 N–H and O–H groups in total. The zero-order chi connectivity index (χ0) is 24.6. The Morgan fingerprint density at radius 1 is 1.26 bits per heavy atom. The summed E-state index contributed by atoms with van der Waals surface area (Å²) in [5.41, 5.74) is 1.12. The van der Waals surface area contributed by atoms with E-state index < -0.39 is 38.3 Å². The molecule has 13 heteroatoms. The fraction of sp³-hybridized carbons (Fsp3) is 0.762. The van der Waals surface area contributed by atoms with Gasteiger partial charge in [0.05, 0.1) is 18.6 Å². The zero-order valence-electron chi connectivity index (χ0n) is 19.3. The first-order valence-corrected chi connectivity index (χ1v) is 13.7. The van der Waals surface area contributed by atoms with Gasteiger partial charge in [-0.2, -0.15) is 9.97 Å². The highest BCUT2D eigenvalue weighted by atomic mass is 35.5. The van der Waals surface area contributed by atoms with Crippen molar-refractivity contribution >= 4 is 36.2 Å². The molecule has 3 unspecified atom stereocenters. The van der Waals surface area contributed by atoms with Crippen molar-refractivity contribution in [1.82, 2.24) is 19.5 Å². The number of anilines is 1. The van der Waals surface area contributed by atoms with Gasteiger partial charge in [-0.05, 0) is 54.0 Å². The van der Waals surface area contributed by atoms with Gasteiger partial charge in [-0.1, -0.05) is 20.8 Å². The van der Waals surface area contributed by atoms with Crippen LogP contribution in [-0.2, 0) is 9.30 Å². The molecule has 3 heterocycles. The van der Waals surface area contributed by atoms with E-state index in [1.807, 2.05) is 0 Å². The average molecular weight is 516 g/mol. The molecule has 0 amide bonds. The van der Waals surface area contributed by atoms with E-state index in [-0.39, 0.29) is 28.6 Å². The Hall–Kier alpha value is -1.33. The summed E-state index contributed by atoms with van der Waals surface area (Å²) in [6.45, 7) is 6.98. The largest absolute Gasteiger partial charge is 0.388 e. The first-order valence-electron chi connectivity index (χ1n) is 11.5. The lowest BCUT2D eigenvalue weighted by atomic mass is 9.69. The molecule has 188 valence electrons. The molecular formula is C21H31ClN5O6P. The molecule has 34 heavy (non-hydrogen) atoms. The van der Waals surface area contributed by atoms with Crippen LogP contribution in [0, 0.1) is 16.7 Å². The van der Waals surface area contributed by atoms with Crippen LogP contribution in [0.5, 0.6) is 0 Å². The third-order valence-corrected chi connectivity index (χ3v) is 9.83. The van der Waals surface area contributed by atoms with Gasteiger partial charge in [0.25, 0.3) is 0 Å². The molecule has 0 aromatic carbocycles. The van der Waals surface area contributed by atoms with Crippen molar-refractivity contribution in [3.63, 3.8) is 0 Å². The number of nitrogens with zero attached hydrogens (tertiary/aromatic N) is 4. The Morgan fingerprint density at radius 3 is 2.62 bits per heavy atom. The maximum Gasteiger partial charge on any atom is 0.325 e. The van der Waals surface area contributed by atoms with Crippen molar-refractivity contribution < 1.29 is 29.3 Å². The van der Waals surface area contributed by atoms with E-state index in [4.69, 9.17) is 26.1 Å². The van der Waals surface area contributed by atoms with E-state index in [0.29, 0.717) is 22.9 Å². The third-order valence-electron chi connectivity index (χ3n) is 8.82. The van der Waals surface area contributed by atoms with Gasteiger partial charge >= 0.3 is 7.60 Å². The molecule has 3 fully saturated rings. The van der Waals surface area contributed by atoms with Crippen LogP contribution >= 0.6 is 19.2 Å². The second kappa shape index (κ2) is 8.09. The lowest BCUT2D eigenvalue weighted by molar-refractivity contribution is -0.0355. The quantitative estimate of drug-likeness (QED) is 0.285. The van der Waals surface area contributed by atoms with E-state index in [0.717, 1.165) is 12.8 Å². The zero-order valence-corrected chi connectivity index (χ0v) is 20.9. The normalized spacial score (nSPS) is 37.1. The summed E-state index contributed by atoms with van der Waals surface area (Å²) in [4.78, 5) is 31.4. The summed E-state index contributed by atoms with van der Waals surface area (Å²) in [6, 6.07) is 0.202. The van der Waals surface area contributed by atoms with E-state index >= 15 is 0 Å². The van der Waals surface area contributed by atoms with Crippen LogP contribution in [0.4, 0.5) is 5.82 Å². The second-order valence-corrected chi connectivity index (χ2v) is 12.8. The van der Waals surface area contributed by atoms with E-state index in [2.05, 4.69) is 41.0 Å². The highest BCUT2D eigenvalue weighted by Gasteiger charge is 2.61. The number of ether oxygens (including phenoxy) is 1. The smallest absolute Gasteiger partial charge is 0.325 e. The molecule has 7 atom stereocenters. The summed E-state index contributed by atoms with van der Waals surface area (Å²) in [7, 11) is -4.27. The minimum absolute atomic E-state index is 0.00963. The average Bonchev–Trinajstić information content (AvgIpc) is 3.39. The maximum absolute atomic E-state index is 11.2. The minimum Gasteiger partial charge on any atom is -0.388 e. The van der Waals surface area contributed by atoms with E-state index in [1.54, 1.807) is 0 Å². The van der Waals surface area contributed by atoms with Gasteiger partial charge in [0, 0.05) is 6.04 Å². The topological polar surface area (TPSA) is 163 Å². The maximum atomic E-state index is 11.2. The van der Waals surface area contributed by atoms with Crippen molar-refractivity contribution in [1.29, 1.82) is 0 Å². The number of hydrogen-bond acceptors (Lipinski definition) is 8. The number of imidazole rings is 1. The van der Waals surface area contributed by atoms with Gasteiger partial charge in [-0.15, -0.1) is 0 Å². The molecule has 1 aliphatic heterocycles. The van der Waals surface area contributed by atoms with Crippen molar-refractivity contribution in [3.05, 3.63) is 11.6 Å². The summed E-state index contributed by atoms with van der Waals surface area (Å²) in [6.07, 6.45) is -0.382. The molecule has 5 rings (SSSR count). The van der Waals surface area contributed by atoms with Crippen LogP contribution < -0.4 is 5.32 Å². The summed E-state index contributed by atoms with van der Waals surface area (Å²) in [5, 5.41) is 24.6. The molecule has 2 aromatic rings. The number of aliphatic hydroxyl groups excluding tert-OH is 2. The molecular weight excluding hydrogens is 485 g/mol.